The van der Waals surface area contributed by atoms with E-state index in [1.54, 1.807) is 11.3 Å². The van der Waals surface area contributed by atoms with Gasteiger partial charge in [0.2, 0.25) is 0 Å². The average molecular weight is 274 g/mol. The molecule has 2 N–H and O–H groups in total. The number of nitrogens with zero attached hydrogens (tertiary/aromatic N) is 1. The van der Waals surface area contributed by atoms with Crippen LogP contribution in [0.25, 0.3) is 11.3 Å². The minimum atomic E-state index is 0.176. The molecule has 0 bridgehead atoms. The number of nitrogens with two attached hydrogens (primary N) is 1. The smallest absolute Gasteiger partial charge is 0.114 e. The Kier molecular flexibility index (Phi) is 3.68. The molecule has 0 spiro atoms. The van der Waals surface area contributed by atoms with Crippen molar-refractivity contribution in [2.24, 2.45) is 0 Å². The lowest BCUT2D eigenvalue weighted by Gasteiger charge is -2.19. The highest BCUT2D eigenvalue weighted by Gasteiger charge is 2.16. The molecule has 2 nitrogen and oxygen atoms in total. The van der Waals surface area contributed by atoms with Crippen molar-refractivity contribution in [2.75, 3.05) is 5.73 Å². The predicted molar refractivity (Wildman–Crippen MR) is 84.8 cm³/mol. The van der Waals surface area contributed by atoms with Crippen LogP contribution in [0.15, 0.2) is 24.3 Å². The summed E-state index contributed by atoms with van der Waals surface area (Å²) in [5, 5.41) is 1.92. The first-order valence-electron chi connectivity index (χ1n) is 6.66. The zero-order valence-corrected chi connectivity index (χ0v) is 13.1. The van der Waals surface area contributed by atoms with Gasteiger partial charge in [-0.1, -0.05) is 58.9 Å². The Labute approximate surface area is 119 Å². The van der Waals surface area contributed by atoms with Gasteiger partial charge in [0.25, 0.3) is 0 Å². The molecule has 0 aliphatic rings. The summed E-state index contributed by atoms with van der Waals surface area (Å²) in [4.78, 5) is 4.66. The number of benzene rings is 1. The molecule has 0 unspecified atom stereocenters. The summed E-state index contributed by atoms with van der Waals surface area (Å²) < 4.78 is 0. The molecular formula is C16H22N2S. The number of aromatic nitrogens is 1. The first-order chi connectivity index (χ1) is 8.79. The van der Waals surface area contributed by atoms with E-state index in [-0.39, 0.29) is 5.41 Å². The maximum atomic E-state index is 6.09. The third kappa shape index (κ3) is 2.98. The van der Waals surface area contributed by atoms with Gasteiger partial charge in [-0.25, -0.2) is 4.98 Å². The van der Waals surface area contributed by atoms with E-state index in [9.17, 15) is 0 Å². The molecule has 3 heteroatoms. The van der Waals surface area contributed by atoms with Crippen molar-refractivity contribution in [3.8, 4) is 11.3 Å². The molecule has 0 radical (unpaired) electrons. The van der Waals surface area contributed by atoms with Crippen LogP contribution in [0.4, 0.5) is 5.00 Å². The Morgan fingerprint density at radius 1 is 1.11 bits per heavy atom. The molecule has 0 fully saturated rings. The predicted octanol–water partition coefficient (Wildman–Crippen LogP) is 4.81. The molecule has 1 heterocycles. The van der Waals surface area contributed by atoms with E-state index < -0.39 is 0 Å². The van der Waals surface area contributed by atoms with Crippen molar-refractivity contribution < 1.29 is 0 Å². The molecule has 0 atom stereocenters. The van der Waals surface area contributed by atoms with Crippen LogP contribution in [-0.2, 0) is 5.41 Å². The monoisotopic (exact) mass is 274 g/mol. The largest absolute Gasteiger partial charge is 0.389 e. The molecule has 0 saturated heterocycles. The summed E-state index contributed by atoms with van der Waals surface area (Å²) in [6, 6.07) is 8.58. The van der Waals surface area contributed by atoms with Crippen molar-refractivity contribution in [1.82, 2.24) is 4.98 Å². The molecule has 0 aliphatic heterocycles. The summed E-state index contributed by atoms with van der Waals surface area (Å²) >= 11 is 1.59. The second kappa shape index (κ2) is 4.97. The molecular weight excluding hydrogens is 252 g/mol. The fourth-order valence-electron chi connectivity index (χ4n) is 1.93. The first-order valence-corrected chi connectivity index (χ1v) is 7.48. The summed E-state index contributed by atoms with van der Waals surface area (Å²) in [6.07, 6.45) is 0. The quantitative estimate of drug-likeness (QED) is 0.853. The van der Waals surface area contributed by atoms with Gasteiger partial charge in [0.05, 0.1) is 5.01 Å². The van der Waals surface area contributed by atoms with Crippen LogP contribution in [0.2, 0.25) is 0 Å². The molecule has 0 saturated carbocycles. The van der Waals surface area contributed by atoms with Crippen LogP contribution < -0.4 is 5.73 Å². The van der Waals surface area contributed by atoms with Crippen LogP contribution in [-0.4, -0.2) is 4.98 Å². The van der Waals surface area contributed by atoms with Gasteiger partial charge in [-0.15, -0.1) is 11.3 Å². The van der Waals surface area contributed by atoms with Crippen molar-refractivity contribution in [2.45, 2.75) is 46.0 Å². The molecule has 0 aliphatic carbocycles. The number of thiazole rings is 1. The standard InChI is InChI=1S/C16H22N2S/c1-10(2)15-18-13(14(17)19-15)11-6-8-12(9-7-11)16(3,4)5/h6-10H,17H2,1-5H3. The van der Waals surface area contributed by atoms with Crippen molar-refractivity contribution >= 4 is 16.3 Å². The van der Waals surface area contributed by atoms with Crippen LogP contribution in [0.5, 0.6) is 0 Å². The van der Waals surface area contributed by atoms with E-state index >= 15 is 0 Å². The van der Waals surface area contributed by atoms with Crippen LogP contribution in [0, 0.1) is 0 Å². The van der Waals surface area contributed by atoms with Gasteiger partial charge in [-0.3, -0.25) is 0 Å². The number of rotatable bonds is 2. The van der Waals surface area contributed by atoms with E-state index in [1.807, 2.05) is 0 Å². The Balaban J connectivity index is 2.37. The van der Waals surface area contributed by atoms with Crippen molar-refractivity contribution in [3.05, 3.63) is 34.8 Å². The first kappa shape index (κ1) is 14.1. The number of nitrogen functional groups attached to an aromatic ring is 1. The Hall–Kier alpha value is -1.35. The fourth-order valence-corrected chi connectivity index (χ4v) is 2.79. The minimum absolute atomic E-state index is 0.176. The average Bonchev–Trinajstić information content (AvgIpc) is 2.70. The lowest BCUT2D eigenvalue weighted by molar-refractivity contribution is 0.590. The summed E-state index contributed by atoms with van der Waals surface area (Å²) in [6.45, 7) is 10.9. The van der Waals surface area contributed by atoms with Gasteiger partial charge in [0.15, 0.2) is 0 Å². The van der Waals surface area contributed by atoms with Gasteiger partial charge in [0, 0.05) is 11.5 Å². The lowest BCUT2D eigenvalue weighted by atomic mass is 9.86. The summed E-state index contributed by atoms with van der Waals surface area (Å²) in [7, 11) is 0. The van der Waals surface area contributed by atoms with E-state index in [0.29, 0.717) is 5.92 Å². The minimum Gasteiger partial charge on any atom is -0.389 e. The number of hydrogen-bond acceptors (Lipinski definition) is 3. The van der Waals surface area contributed by atoms with Gasteiger partial charge >= 0.3 is 0 Å². The lowest BCUT2D eigenvalue weighted by Crippen LogP contribution is -2.10. The summed E-state index contributed by atoms with van der Waals surface area (Å²) in [5.41, 5.74) is 9.63. The van der Waals surface area contributed by atoms with Gasteiger partial charge < -0.3 is 5.73 Å². The zero-order valence-electron chi connectivity index (χ0n) is 12.3. The van der Waals surface area contributed by atoms with Crippen LogP contribution >= 0.6 is 11.3 Å². The van der Waals surface area contributed by atoms with E-state index in [2.05, 4.69) is 63.9 Å². The molecule has 1 aromatic carbocycles. The molecule has 2 rings (SSSR count). The second-order valence-corrected chi connectivity index (χ2v) is 7.31. The normalized spacial score (nSPS) is 12.1. The Morgan fingerprint density at radius 2 is 1.68 bits per heavy atom. The van der Waals surface area contributed by atoms with Gasteiger partial charge in [-0.2, -0.15) is 0 Å². The summed E-state index contributed by atoms with van der Waals surface area (Å²) in [5.74, 6) is 0.426. The van der Waals surface area contributed by atoms with Crippen LogP contribution in [0.1, 0.15) is 51.1 Å². The molecule has 0 amide bonds. The van der Waals surface area contributed by atoms with Crippen molar-refractivity contribution in [1.29, 1.82) is 0 Å². The van der Waals surface area contributed by atoms with E-state index in [0.717, 1.165) is 21.3 Å². The highest BCUT2D eigenvalue weighted by atomic mass is 32.1. The fraction of sp³-hybridized carbons (Fsp3) is 0.438. The highest BCUT2D eigenvalue weighted by Crippen LogP contribution is 2.34. The molecule has 19 heavy (non-hydrogen) atoms. The topological polar surface area (TPSA) is 38.9 Å². The Bertz CT molecular complexity index is 559. The second-order valence-electron chi connectivity index (χ2n) is 6.25. The number of hydrogen-bond donors (Lipinski definition) is 1. The molecule has 102 valence electrons. The Morgan fingerprint density at radius 3 is 2.11 bits per heavy atom. The van der Waals surface area contributed by atoms with Crippen LogP contribution in [0.3, 0.4) is 0 Å². The van der Waals surface area contributed by atoms with Gasteiger partial charge in [-0.05, 0) is 11.0 Å². The third-order valence-corrected chi connectivity index (χ3v) is 4.37. The molecule has 2 aromatic rings. The third-order valence-electron chi connectivity index (χ3n) is 3.19. The van der Waals surface area contributed by atoms with E-state index in [4.69, 9.17) is 5.73 Å². The maximum Gasteiger partial charge on any atom is 0.114 e. The highest BCUT2D eigenvalue weighted by molar-refractivity contribution is 7.16. The number of anilines is 1. The van der Waals surface area contributed by atoms with Gasteiger partial charge in [0.1, 0.15) is 10.7 Å². The SMILES string of the molecule is CC(C)c1nc(-c2ccc(C(C)(C)C)cc2)c(N)s1. The molecule has 1 aromatic heterocycles. The zero-order chi connectivity index (χ0) is 14.2. The van der Waals surface area contributed by atoms with Crippen molar-refractivity contribution in [3.63, 3.8) is 0 Å². The van der Waals surface area contributed by atoms with E-state index in [1.165, 1.54) is 5.56 Å². The maximum absolute atomic E-state index is 6.09.